The van der Waals surface area contributed by atoms with Crippen LogP contribution in [0.3, 0.4) is 0 Å². The lowest BCUT2D eigenvalue weighted by molar-refractivity contribution is -0.137. The molecule has 0 spiro atoms. The van der Waals surface area contributed by atoms with Crippen LogP contribution in [0.2, 0.25) is 0 Å². The van der Waals surface area contributed by atoms with Crippen molar-refractivity contribution >= 4 is 11.8 Å². The van der Waals surface area contributed by atoms with Gasteiger partial charge >= 0.3 is 5.97 Å². The van der Waals surface area contributed by atoms with Crippen molar-refractivity contribution in [2.24, 2.45) is 5.92 Å². The largest absolute Gasteiger partial charge is 0.422 e. The minimum atomic E-state index is -0.228. The highest BCUT2D eigenvalue weighted by Gasteiger charge is 2.22. The number of rotatable bonds is 10. The number of anilines is 1. The lowest BCUT2D eigenvalue weighted by atomic mass is 10.1. The molecule has 6 nitrogen and oxygen atoms in total. The standard InChI is InChI=1S/C30H38N4O2/c1-4-32(21-25-9-6-5-7-10-25)22-26-12-14-27(15-13-26)23-33-17-19-34(20-18-33)29-28(11-8-16-31-29)36-30(35)24(2)3/h5-16,24H,4,17-23H2,1-3H3. The number of pyridine rings is 1. The van der Waals surface area contributed by atoms with Crippen LogP contribution in [0.5, 0.6) is 5.75 Å². The Morgan fingerprint density at radius 3 is 2.17 bits per heavy atom. The average molecular weight is 487 g/mol. The Hall–Kier alpha value is -3.22. The number of esters is 1. The maximum atomic E-state index is 12.1. The van der Waals surface area contributed by atoms with E-state index in [9.17, 15) is 4.79 Å². The second-order valence-electron chi connectivity index (χ2n) is 9.77. The van der Waals surface area contributed by atoms with Gasteiger partial charge < -0.3 is 9.64 Å². The van der Waals surface area contributed by atoms with E-state index in [0.717, 1.165) is 58.2 Å². The highest BCUT2D eigenvalue weighted by molar-refractivity contribution is 5.76. The second kappa shape index (κ2) is 12.7. The summed E-state index contributed by atoms with van der Waals surface area (Å²) in [5.41, 5.74) is 4.04. The van der Waals surface area contributed by atoms with Gasteiger partial charge in [-0.05, 0) is 35.4 Å². The van der Waals surface area contributed by atoms with Gasteiger partial charge in [-0.1, -0.05) is 75.4 Å². The van der Waals surface area contributed by atoms with Crippen LogP contribution < -0.4 is 9.64 Å². The molecular weight excluding hydrogens is 448 g/mol. The van der Waals surface area contributed by atoms with Crippen LogP contribution in [0.1, 0.15) is 37.5 Å². The fourth-order valence-electron chi connectivity index (χ4n) is 4.43. The van der Waals surface area contributed by atoms with Gasteiger partial charge in [0.1, 0.15) is 0 Å². The monoisotopic (exact) mass is 486 g/mol. The summed E-state index contributed by atoms with van der Waals surface area (Å²) in [4.78, 5) is 23.8. The normalized spacial score (nSPS) is 14.4. The Balaban J connectivity index is 1.28. The maximum absolute atomic E-state index is 12.1. The molecule has 36 heavy (non-hydrogen) atoms. The van der Waals surface area contributed by atoms with Crippen molar-refractivity contribution < 1.29 is 9.53 Å². The van der Waals surface area contributed by atoms with Gasteiger partial charge in [-0.2, -0.15) is 0 Å². The lowest BCUT2D eigenvalue weighted by Crippen LogP contribution is -2.46. The molecule has 0 atom stereocenters. The van der Waals surface area contributed by atoms with Gasteiger partial charge in [0.15, 0.2) is 11.6 Å². The van der Waals surface area contributed by atoms with Crippen LogP contribution >= 0.6 is 0 Å². The number of hydrogen-bond donors (Lipinski definition) is 0. The van der Waals surface area contributed by atoms with E-state index in [1.165, 1.54) is 16.7 Å². The molecule has 1 aliphatic rings. The fraction of sp³-hybridized carbons (Fsp3) is 0.400. The molecule has 0 amide bonds. The molecule has 1 saturated heterocycles. The number of carbonyl (C=O) groups excluding carboxylic acids is 1. The maximum Gasteiger partial charge on any atom is 0.313 e. The van der Waals surface area contributed by atoms with Crippen molar-refractivity contribution in [1.29, 1.82) is 0 Å². The Bertz CT molecular complexity index is 1090. The third-order valence-electron chi connectivity index (χ3n) is 6.64. The number of hydrogen-bond acceptors (Lipinski definition) is 6. The van der Waals surface area contributed by atoms with Gasteiger partial charge in [0.25, 0.3) is 0 Å². The van der Waals surface area contributed by atoms with E-state index in [2.05, 4.69) is 81.2 Å². The zero-order valence-corrected chi connectivity index (χ0v) is 21.8. The minimum Gasteiger partial charge on any atom is -0.422 e. The van der Waals surface area contributed by atoms with Gasteiger partial charge in [0.2, 0.25) is 0 Å². The molecule has 4 rings (SSSR count). The molecular formula is C30H38N4O2. The number of piperazine rings is 1. The summed E-state index contributed by atoms with van der Waals surface area (Å²) in [5, 5.41) is 0. The Kier molecular flexibility index (Phi) is 9.09. The van der Waals surface area contributed by atoms with E-state index in [4.69, 9.17) is 4.74 Å². The average Bonchev–Trinajstić information content (AvgIpc) is 2.91. The van der Waals surface area contributed by atoms with Crippen molar-refractivity contribution in [1.82, 2.24) is 14.8 Å². The predicted molar refractivity (Wildman–Crippen MR) is 145 cm³/mol. The summed E-state index contributed by atoms with van der Waals surface area (Å²) >= 11 is 0. The van der Waals surface area contributed by atoms with Crippen molar-refractivity contribution in [3.63, 3.8) is 0 Å². The van der Waals surface area contributed by atoms with Gasteiger partial charge in [0, 0.05) is 52.0 Å². The number of nitrogens with zero attached hydrogens (tertiary/aromatic N) is 4. The van der Waals surface area contributed by atoms with Crippen molar-refractivity contribution in [2.75, 3.05) is 37.6 Å². The molecule has 0 bridgehead atoms. The van der Waals surface area contributed by atoms with E-state index in [0.29, 0.717) is 5.75 Å². The summed E-state index contributed by atoms with van der Waals surface area (Å²) in [5.74, 6) is 0.906. The molecule has 0 N–H and O–H groups in total. The van der Waals surface area contributed by atoms with Gasteiger partial charge in [-0.15, -0.1) is 0 Å². The third kappa shape index (κ3) is 7.15. The molecule has 0 saturated carbocycles. The van der Waals surface area contributed by atoms with Crippen LogP contribution in [0, 0.1) is 5.92 Å². The Labute approximate surface area is 215 Å². The number of ether oxygens (including phenoxy) is 1. The van der Waals surface area contributed by atoms with E-state index in [1.54, 1.807) is 6.20 Å². The molecule has 190 valence electrons. The molecule has 1 aliphatic heterocycles. The SMILES string of the molecule is CCN(Cc1ccccc1)Cc1ccc(CN2CCN(c3ncccc3OC(=O)C(C)C)CC2)cc1. The van der Waals surface area contributed by atoms with E-state index in [1.807, 2.05) is 26.0 Å². The highest BCUT2D eigenvalue weighted by atomic mass is 16.5. The van der Waals surface area contributed by atoms with Gasteiger partial charge in [-0.25, -0.2) is 4.98 Å². The number of benzene rings is 2. The van der Waals surface area contributed by atoms with Crippen LogP contribution in [-0.2, 0) is 24.4 Å². The highest BCUT2D eigenvalue weighted by Crippen LogP contribution is 2.27. The first-order valence-corrected chi connectivity index (χ1v) is 13.0. The molecule has 2 aromatic carbocycles. The van der Waals surface area contributed by atoms with E-state index in [-0.39, 0.29) is 11.9 Å². The summed E-state index contributed by atoms with van der Waals surface area (Å²) in [6.45, 7) is 13.4. The molecule has 3 aromatic rings. The predicted octanol–water partition coefficient (Wildman–Crippen LogP) is 4.99. The smallest absolute Gasteiger partial charge is 0.313 e. The van der Waals surface area contributed by atoms with Crippen LogP contribution in [0.15, 0.2) is 72.9 Å². The van der Waals surface area contributed by atoms with Crippen LogP contribution in [0.25, 0.3) is 0 Å². The molecule has 6 heteroatoms. The quantitative estimate of drug-likeness (QED) is 0.377. The summed E-state index contributed by atoms with van der Waals surface area (Å²) in [6.07, 6.45) is 1.76. The van der Waals surface area contributed by atoms with Crippen LogP contribution in [0.4, 0.5) is 5.82 Å². The number of carbonyl (C=O) groups is 1. The van der Waals surface area contributed by atoms with Gasteiger partial charge in [-0.3, -0.25) is 14.6 Å². The first-order chi connectivity index (χ1) is 17.5. The first kappa shape index (κ1) is 25.9. The summed E-state index contributed by atoms with van der Waals surface area (Å²) in [6, 6.07) is 23.4. The second-order valence-corrected chi connectivity index (χ2v) is 9.77. The molecule has 2 heterocycles. The molecule has 1 aromatic heterocycles. The molecule has 1 fully saturated rings. The first-order valence-electron chi connectivity index (χ1n) is 13.0. The molecule has 0 aliphatic carbocycles. The fourth-order valence-corrected chi connectivity index (χ4v) is 4.43. The van der Waals surface area contributed by atoms with Crippen molar-refractivity contribution in [3.8, 4) is 5.75 Å². The molecule has 0 radical (unpaired) electrons. The zero-order valence-electron chi connectivity index (χ0n) is 21.8. The van der Waals surface area contributed by atoms with Crippen molar-refractivity contribution in [2.45, 2.75) is 40.4 Å². The summed E-state index contributed by atoms with van der Waals surface area (Å²) in [7, 11) is 0. The minimum absolute atomic E-state index is 0.171. The van der Waals surface area contributed by atoms with E-state index < -0.39 is 0 Å². The summed E-state index contributed by atoms with van der Waals surface area (Å²) < 4.78 is 5.60. The Morgan fingerprint density at radius 2 is 1.53 bits per heavy atom. The van der Waals surface area contributed by atoms with Crippen molar-refractivity contribution in [3.05, 3.63) is 89.6 Å². The number of aromatic nitrogens is 1. The Morgan fingerprint density at radius 1 is 0.889 bits per heavy atom. The van der Waals surface area contributed by atoms with E-state index >= 15 is 0 Å². The zero-order chi connectivity index (χ0) is 25.3. The topological polar surface area (TPSA) is 48.9 Å². The van der Waals surface area contributed by atoms with Crippen LogP contribution in [-0.4, -0.2) is 53.5 Å². The van der Waals surface area contributed by atoms with Gasteiger partial charge in [0.05, 0.1) is 5.92 Å². The lowest BCUT2D eigenvalue weighted by Gasteiger charge is -2.35. The third-order valence-corrected chi connectivity index (χ3v) is 6.64. The molecule has 0 unspecified atom stereocenters.